The first-order valence-corrected chi connectivity index (χ1v) is 6.67. The van der Waals surface area contributed by atoms with Crippen LogP contribution in [0.3, 0.4) is 0 Å². The number of halogens is 6. The van der Waals surface area contributed by atoms with Gasteiger partial charge < -0.3 is 0 Å². The highest BCUT2D eigenvalue weighted by Gasteiger charge is 2.72. The molecule has 0 atom stereocenters. The fraction of sp³-hybridized carbons (Fsp3) is 0.176. The predicted octanol–water partition coefficient (Wildman–Crippen LogP) is 6.20. The maximum absolute atomic E-state index is 13.8. The predicted molar refractivity (Wildman–Crippen MR) is 78.3 cm³/mol. The molecule has 0 N–H and O–H groups in total. The van der Waals surface area contributed by atoms with Crippen LogP contribution in [0.4, 0.5) is 37.7 Å². The number of nitrogens with zero attached hydrogens (tertiary/aromatic N) is 2. The summed E-state index contributed by atoms with van der Waals surface area (Å²) in [5.74, 6) is 0. The van der Waals surface area contributed by atoms with Crippen LogP contribution >= 0.6 is 0 Å². The molecule has 25 heavy (non-hydrogen) atoms. The second-order valence-electron chi connectivity index (χ2n) is 5.06. The first-order valence-electron chi connectivity index (χ1n) is 6.67. The van der Waals surface area contributed by atoms with Gasteiger partial charge in [0.15, 0.2) is 11.4 Å². The minimum atomic E-state index is -5.69. The van der Waals surface area contributed by atoms with Crippen molar-refractivity contribution in [2.75, 3.05) is 0 Å². The van der Waals surface area contributed by atoms with Gasteiger partial charge in [-0.05, 0) is 11.1 Å². The van der Waals surface area contributed by atoms with Gasteiger partial charge in [0, 0.05) is 0 Å². The molecule has 0 amide bonds. The maximum Gasteiger partial charge on any atom is 0.411 e. The second kappa shape index (κ2) is 6.14. The third kappa shape index (κ3) is 2.91. The Morgan fingerprint density at radius 1 is 0.560 bits per heavy atom. The van der Waals surface area contributed by atoms with Crippen LogP contribution in [0.5, 0.6) is 0 Å². The fourth-order valence-corrected chi connectivity index (χ4v) is 2.55. The average Bonchev–Trinajstić information content (AvgIpc) is 2.54. The van der Waals surface area contributed by atoms with E-state index in [2.05, 4.69) is 9.69 Å². The summed E-state index contributed by atoms with van der Waals surface area (Å²) >= 11 is 0. The van der Waals surface area contributed by atoms with E-state index < -0.39 is 28.9 Å². The van der Waals surface area contributed by atoms with Gasteiger partial charge in [-0.3, -0.25) is 0 Å². The van der Waals surface area contributed by atoms with Crippen LogP contribution in [0.1, 0.15) is 11.1 Å². The third-order valence-electron chi connectivity index (χ3n) is 3.71. The summed E-state index contributed by atoms with van der Waals surface area (Å²) in [6.07, 6.45) is -11.4. The van der Waals surface area contributed by atoms with E-state index in [-0.39, 0.29) is 11.4 Å². The van der Waals surface area contributed by atoms with Crippen molar-refractivity contribution in [2.45, 2.75) is 17.8 Å². The molecular weight excluding hydrogens is 346 g/mol. The number of rotatable bonds is 2. The molecular formula is C17H8F6N2. The molecule has 2 aromatic carbocycles. The van der Waals surface area contributed by atoms with Gasteiger partial charge in [0.2, 0.25) is 5.41 Å². The number of benzene rings is 2. The van der Waals surface area contributed by atoms with Gasteiger partial charge in [0.1, 0.15) is 0 Å². The Morgan fingerprint density at radius 3 is 1.04 bits per heavy atom. The lowest BCUT2D eigenvalue weighted by molar-refractivity contribution is -0.288. The van der Waals surface area contributed by atoms with Crippen LogP contribution in [0.2, 0.25) is 0 Å². The summed E-state index contributed by atoms with van der Waals surface area (Å²) < 4.78 is 82.6. The van der Waals surface area contributed by atoms with Crippen LogP contribution in [0.25, 0.3) is 9.69 Å². The van der Waals surface area contributed by atoms with E-state index in [4.69, 9.17) is 13.1 Å². The Bertz CT molecular complexity index is 760. The minimum Gasteiger partial charge on any atom is -0.238 e. The highest BCUT2D eigenvalue weighted by Crippen LogP contribution is 2.56. The monoisotopic (exact) mass is 354 g/mol. The van der Waals surface area contributed by atoms with Crippen molar-refractivity contribution in [2.24, 2.45) is 0 Å². The lowest BCUT2D eigenvalue weighted by atomic mass is 9.73. The lowest BCUT2D eigenvalue weighted by Crippen LogP contribution is -2.54. The van der Waals surface area contributed by atoms with Crippen molar-refractivity contribution >= 4 is 11.4 Å². The van der Waals surface area contributed by atoms with Crippen LogP contribution in [0.15, 0.2) is 48.5 Å². The van der Waals surface area contributed by atoms with Crippen LogP contribution < -0.4 is 0 Å². The zero-order valence-electron chi connectivity index (χ0n) is 12.3. The molecule has 2 aromatic rings. The Kier molecular flexibility index (Phi) is 4.50. The number of alkyl halides is 6. The van der Waals surface area contributed by atoms with Crippen LogP contribution in [-0.2, 0) is 5.41 Å². The molecule has 0 heterocycles. The van der Waals surface area contributed by atoms with Crippen LogP contribution in [0, 0.1) is 13.1 Å². The quantitative estimate of drug-likeness (QED) is 0.448. The standard InChI is InChI=1S/C17H8F6N2/c1-24-13-7-3-11(4-8-13)15(16(18,19)20,17(21,22)23)12-5-9-14(25-2)10-6-12/h3-10H. The first kappa shape index (κ1) is 18.3. The summed E-state index contributed by atoms with van der Waals surface area (Å²) in [6, 6.07) is 6.22. The Balaban J connectivity index is 2.86. The highest BCUT2D eigenvalue weighted by atomic mass is 19.4. The molecule has 2 nitrogen and oxygen atoms in total. The molecule has 0 saturated carbocycles. The Hall–Kier alpha value is -3.00. The average molecular weight is 354 g/mol. The fourth-order valence-electron chi connectivity index (χ4n) is 2.55. The second-order valence-corrected chi connectivity index (χ2v) is 5.06. The molecule has 128 valence electrons. The van der Waals surface area contributed by atoms with E-state index in [1.54, 1.807) is 0 Å². The zero-order chi connectivity index (χ0) is 18.9. The van der Waals surface area contributed by atoms with E-state index in [1.807, 2.05) is 0 Å². The van der Waals surface area contributed by atoms with E-state index in [0.717, 1.165) is 24.3 Å². The van der Waals surface area contributed by atoms with Crippen molar-refractivity contribution in [1.82, 2.24) is 0 Å². The summed E-state index contributed by atoms with van der Waals surface area (Å²) in [6.45, 7) is 13.6. The van der Waals surface area contributed by atoms with E-state index in [9.17, 15) is 26.3 Å². The highest BCUT2D eigenvalue weighted by molar-refractivity contribution is 5.54. The largest absolute Gasteiger partial charge is 0.411 e. The molecule has 0 aliphatic carbocycles. The Morgan fingerprint density at radius 2 is 0.840 bits per heavy atom. The molecule has 0 aromatic heterocycles. The van der Waals surface area contributed by atoms with Crippen molar-refractivity contribution in [3.8, 4) is 0 Å². The van der Waals surface area contributed by atoms with Crippen molar-refractivity contribution < 1.29 is 26.3 Å². The molecule has 0 bridgehead atoms. The van der Waals surface area contributed by atoms with E-state index >= 15 is 0 Å². The molecule has 0 unspecified atom stereocenters. The number of hydrogen-bond acceptors (Lipinski definition) is 0. The maximum atomic E-state index is 13.8. The molecule has 0 radical (unpaired) electrons. The summed E-state index contributed by atoms with van der Waals surface area (Å²) in [4.78, 5) is 5.94. The molecule has 2 rings (SSSR count). The Labute approximate surface area is 139 Å². The lowest BCUT2D eigenvalue weighted by Gasteiger charge is -2.38. The van der Waals surface area contributed by atoms with Crippen molar-refractivity contribution in [1.29, 1.82) is 0 Å². The summed E-state index contributed by atoms with van der Waals surface area (Å²) in [5.41, 5.74) is -6.51. The van der Waals surface area contributed by atoms with Gasteiger partial charge in [0.25, 0.3) is 0 Å². The van der Waals surface area contributed by atoms with Gasteiger partial charge in [-0.25, -0.2) is 9.69 Å². The number of hydrogen-bond donors (Lipinski definition) is 0. The first-order chi connectivity index (χ1) is 11.6. The van der Waals surface area contributed by atoms with Gasteiger partial charge >= 0.3 is 12.4 Å². The van der Waals surface area contributed by atoms with Gasteiger partial charge in [-0.2, -0.15) is 26.3 Å². The zero-order valence-corrected chi connectivity index (χ0v) is 12.3. The van der Waals surface area contributed by atoms with Crippen molar-refractivity contribution in [3.05, 3.63) is 82.5 Å². The van der Waals surface area contributed by atoms with Gasteiger partial charge in [-0.15, -0.1) is 0 Å². The summed E-state index contributed by atoms with van der Waals surface area (Å²) in [5, 5.41) is 0. The van der Waals surface area contributed by atoms with E-state index in [1.165, 1.54) is 0 Å². The smallest absolute Gasteiger partial charge is 0.238 e. The molecule has 0 spiro atoms. The SMILES string of the molecule is [C-]#[N+]c1ccc(C(c2ccc([N+]#[C-])cc2)(C(F)(F)F)C(F)(F)F)cc1. The summed E-state index contributed by atoms with van der Waals surface area (Å²) in [7, 11) is 0. The van der Waals surface area contributed by atoms with Crippen LogP contribution in [-0.4, -0.2) is 12.4 Å². The topological polar surface area (TPSA) is 8.72 Å². The molecule has 0 aliphatic heterocycles. The molecule has 0 aliphatic rings. The minimum absolute atomic E-state index is 0.0784. The molecule has 8 heteroatoms. The third-order valence-corrected chi connectivity index (χ3v) is 3.71. The van der Waals surface area contributed by atoms with Gasteiger partial charge in [0.05, 0.1) is 13.1 Å². The molecule has 0 fully saturated rings. The molecule has 0 saturated heterocycles. The van der Waals surface area contributed by atoms with E-state index in [0.29, 0.717) is 24.3 Å². The normalized spacial score (nSPS) is 12.3. The van der Waals surface area contributed by atoms with Gasteiger partial charge in [-0.1, -0.05) is 48.5 Å². The van der Waals surface area contributed by atoms with Crippen molar-refractivity contribution in [3.63, 3.8) is 0 Å².